The molecule has 2 unspecified atom stereocenters. The van der Waals surface area contributed by atoms with Gasteiger partial charge in [-0.15, -0.1) is 0 Å². The summed E-state index contributed by atoms with van der Waals surface area (Å²) in [5, 5.41) is 2.38. The number of rotatable bonds is 6. The van der Waals surface area contributed by atoms with Gasteiger partial charge in [0.05, 0.1) is 0 Å². The van der Waals surface area contributed by atoms with Gasteiger partial charge in [0.15, 0.2) is 0 Å². The molecule has 2 rings (SSSR count). The van der Waals surface area contributed by atoms with Crippen LogP contribution in [-0.4, -0.2) is 33.7 Å². The molecule has 0 aliphatic carbocycles. The molecule has 0 spiro atoms. The molecule has 0 aromatic heterocycles. The molecule has 1 nitrogen and oxygen atoms in total. The first-order valence-electron chi connectivity index (χ1n) is 8.07. The zero-order chi connectivity index (χ0) is 17.1. The SMILES string of the molecule is CC(C)(C[AsH2])c1ccc(Oc2ccc(C(C)(C)C[AsH2])cc2)cc1. The van der Waals surface area contributed by atoms with Gasteiger partial charge in [-0.3, -0.25) is 0 Å². The zero-order valence-corrected chi connectivity index (χ0v) is 19.4. The fraction of sp³-hybridized carbons (Fsp3) is 0.400. The van der Waals surface area contributed by atoms with Gasteiger partial charge >= 0.3 is 159 Å². The summed E-state index contributed by atoms with van der Waals surface area (Å²) in [7, 11) is 0. The van der Waals surface area contributed by atoms with Gasteiger partial charge in [-0.1, -0.05) is 0 Å². The molecule has 3 heteroatoms. The van der Waals surface area contributed by atoms with Crippen LogP contribution in [-0.2, 0) is 10.8 Å². The Hall–Kier alpha value is -0.643. The van der Waals surface area contributed by atoms with Gasteiger partial charge in [-0.25, -0.2) is 0 Å². The second-order valence-corrected chi connectivity index (χ2v) is 9.04. The molecule has 0 radical (unpaired) electrons. The molecular formula is C20H28As2O. The van der Waals surface area contributed by atoms with Crippen LogP contribution in [0.25, 0.3) is 0 Å². The molecule has 124 valence electrons. The molecule has 0 saturated carbocycles. The number of ether oxygens (including phenoxy) is 1. The molecule has 0 heterocycles. The second kappa shape index (κ2) is 7.50. The summed E-state index contributed by atoms with van der Waals surface area (Å²) in [4.78, 5) is 0. The van der Waals surface area contributed by atoms with Gasteiger partial charge < -0.3 is 0 Å². The van der Waals surface area contributed by atoms with Crippen molar-refractivity contribution in [1.82, 2.24) is 0 Å². The standard InChI is InChI=1S/C20H28As2O/c1-19(2,13-21)15-5-9-17(10-6-15)23-18-11-7-16(8-12-18)20(3,4)14-22/h5-12H,13-14,21-22H2,1-4H3. The van der Waals surface area contributed by atoms with E-state index >= 15 is 0 Å². The molecule has 0 saturated heterocycles. The molecule has 0 aliphatic heterocycles. The van der Waals surface area contributed by atoms with Crippen molar-refractivity contribution in [3.63, 3.8) is 0 Å². The summed E-state index contributed by atoms with van der Waals surface area (Å²) < 4.78 is 5.99. The van der Waals surface area contributed by atoms with Crippen LogP contribution in [0.3, 0.4) is 0 Å². The molecule has 0 bridgehead atoms. The molecule has 0 N–H and O–H groups in total. The third-order valence-electron chi connectivity index (χ3n) is 4.53. The Balaban J connectivity index is 2.11. The van der Waals surface area contributed by atoms with E-state index in [1.165, 1.54) is 21.5 Å². The van der Waals surface area contributed by atoms with Crippen molar-refractivity contribution in [3.05, 3.63) is 59.7 Å². The molecular weight excluding hydrogens is 406 g/mol. The average molecular weight is 434 g/mol. The maximum atomic E-state index is 5.99. The average Bonchev–Trinajstić information content (AvgIpc) is 2.56. The number of hydrogen-bond acceptors (Lipinski definition) is 1. The van der Waals surface area contributed by atoms with E-state index in [2.05, 4.69) is 76.2 Å². The fourth-order valence-electron chi connectivity index (χ4n) is 2.32. The van der Waals surface area contributed by atoms with Crippen molar-refractivity contribution in [1.29, 1.82) is 0 Å². The van der Waals surface area contributed by atoms with E-state index in [-0.39, 0.29) is 10.8 Å². The van der Waals surface area contributed by atoms with E-state index in [4.69, 9.17) is 4.74 Å². The van der Waals surface area contributed by atoms with Gasteiger partial charge in [0, 0.05) is 0 Å². The van der Waals surface area contributed by atoms with E-state index in [0.717, 1.165) is 11.5 Å². The predicted molar refractivity (Wildman–Crippen MR) is 106 cm³/mol. The van der Waals surface area contributed by atoms with Crippen molar-refractivity contribution >= 4 is 33.7 Å². The fourth-order valence-corrected chi connectivity index (χ4v) is 3.31. The third kappa shape index (κ3) is 4.68. The molecule has 2 atom stereocenters. The van der Waals surface area contributed by atoms with Gasteiger partial charge in [0.25, 0.3) is 0 Å². The second-order valence-electron chi connectivity index (χ2n) is 7.33. The van der Waals surface area contributed by atoms with E-state index < -0.39 is 0 Å². The quantitative estimate of drug-likeness (QED) is 0.622. The first-order valence-corrected chi connectivity index (χ1v) is 11.5. The Morgan fingerprint density at radius 1 is 0.652 bits per heavy atom. The van der Waals surface area contributed by atoms with Gasteiger partial charge in [-0.05, 0) is 0 Å². The Morgan fingerprint density at radius 3 is 1.22 bits per heavy atom. The van der Waals surface area contributed by atoms with Crippen LogP contribution in [0.4, 0.5) is 0 Å². The summed E-state index contributed by atoms with van der Waals surface area (Å²) in [6.07, 6.45) is 0. The van der Waals surface area contributed by atoms with Crippen LogP contribution in [0.1, 0.15) is 38.8 Å². The molecule has 0 fully saturated rings. The topological polar surface area (TPSA) is 9.23 Å². The van der Waals surface area contributed by atoms with Gasteiger partial charge in [0.1, 0.15) is 0 Å². The predicted octanol–water partition coefficient (Wildman–Crippen LogP) is 4.14. The first-order chi connectivity index (χ1) is 10.8. The Kier molecular flexibility index (Phi) is 6.09. The van der Waals surface area contributed by atoms with E-state index in [9.17, 15) is 0 Å². The summed E-state index contributed by atoms with van der Waals surface area (Å²) in [6, 6.07) is 17.0. The summed E-state index contributed by atoms with van der Waals surface area (Å²) in [5.74, 6) is 1.80. The molecule has 0 amide bonds. The van der Waals surface area contributed by atoms with Crippen LogP contribution in [0.2, 0.25) is 10.4 Å². The molecule has 2 aromatic carbocycles. The Morgan fingerprint density at radius 2 is 0.957 bits per heavy atom. The molecule has 23 heavy (non-hydrogen) atoms. The molecule has 0 aliphatic rings. The monoisotopic (exact) mass is 434 g/mol. The summed E-state index contributed by atoms with van der Waals surface area (Å²) >= 11 is 3.55. The summed E-state index contributed by atoms with van der Waals surface area (Å²) in [6.45, 7) is 9.17. The van der Waals surface area contributed by atoms with Crippen molar-refractivity contribution in [2.75, 3.05) is 0 Å². The Labute approximate surface area is 158 Å². The van der Waals surface area contributed by atoms with Crippen molar-refractivity contribution < 1.29 is 4.74 Å². The van der Waals surface area contributed by atoms with Crippen LogP contribution in [0, 0.1) is 0 Å². The van der Waals surface area contributed by atoms with Gasteiger partial charge in [0.2, 0.25) is 0 Å². The van der Waals surface area contributed by atoms with Crippen molar-refractivity contribution in [2.45, 2.75) is 48.9 Å². The minimum absolute atomic E-state index is 0.243. The third-order valence-corrected chi connectivity index (χ3v) is 8.81. The molecule has 2 aromatic rings. The van der Waals surface area contributed by atoms with E-state index in [1.54, 1.807) is 33.7 Å². The van der Waals surface area contributed by atoms with E-state index in [1.807, 2.05) is 0 Å². The van der Waals surface area contributed by atoms with Crippen LogP contribution >= 0.6 is 0 Å². The number of hydrogen-bond donors (Lipinski definition) is 0. The summed E-state index contributed by atoms with van der Waals surface area (Å²) in [5.41, 5.74) is 3.23. The van der Waals surface area contributed by atoms with Crippen molar-refractivity contribution in [3.8, 4) is 11.5 Å². The Bertz CT molecular complexity index is 570. The normalized spacial score (nSPS) is 12.3. The van der Waals surface area contributed by atoms with Crippen LogP contribution in [0.5, 0.6) is 11.5 Å². The minimum atomic E-state index is 0.243. The van der Waals surface area contributed by atoms with E-state index in [0.29, 0.717) is 0 Å². The first kappa shape index (κ1) is 18.7. The number of benzene rings is 2. The van der Waals surface area contributed by atoms with Crippen molar-refractivity contribution in [2.24, 2.45) is 0 Å². The van der Waals surface area contributed by atoms with Gasteiger partial charge in [-0.2, -0.15) is 0 Å². The van der Waals surface area contributed by atoms with Crippen LogP contribution < -0.4 is 4.74 Å². The zero-order valence-electron chi connectivity index (χ0n) is 14.6. The van der Waals surface area contributed by atoms with Crippen LogP contribution in [0.15, 0.2) is 48.5 Å². The maximum absolute atomic E-state index is 5.99.